The van der Waals surface area contributed by atoms with Gasteiger partial charge in [0.1, 0.15) is 17.2 Å². The van der Waals surface area contributed by atoms with Gasteiger partial charge in [-0.1, -0.05) is 0 Å². The number of hydrogen-bond donors (Lipinski definition) is 3. The Labute approximate surface area is 198 Å². The predicted octanol–water partition coefficient (Wildman–Crippen LogP) is 4.25. The lowest BCUT2D eigenvalue weighted by atomic mass is 10.1. The van der Waals surface area contributed by atoms with Crippen LogP contribution in [0.1, 0.15) is 29.8 Å². The third-order valence-electron chi connectivity index (χ3n) is 5.01. The number of anilines is 1. The fourth-order valence-corrected chi connectivity index (χ4v) is 3.35. The van der Waals surface area contributed by atoms with Crippen LogP contribution in [0.15, 0.2) is 42.6 Å². The first kappa shape index (κ1) is 24.8. The number of amides is 3. The summed E-state index contributed by atoms with van der Waals surface area (Å²) in [7, 11) is 1.51. The van der Waals surface area contributed by atoms with Gasteiger partial charge in [0.2, 0.25) is 0 Å². The van der Waals surface area contributed by atoms with Crippen LogP contribution in [0.5, 0.6) is 17.2 Å². The quantitative estimate of drug-likeness (QED) is 0.385. The standard InChI is InChI=1S/C25H30N4O5/c1-5-26-25(31)29-20-8-7-17(13-16(20)3)34-22-9-10-27-21-15-23(32-4)19(14-18(21)22)24(30)28-11-12-33-6-2/h7-10,13-15H,5-6,11-12H2,1-4H3,(H,28,30)(H2,26,29,31). The lowest BCUT2D eigenvalue weighted by molar-refractivity contribution is 0.0920. The zero-order chi connectivity index (χ0) is 24.5. The molecule has 0 fully saturated rings. The van der Waals surface area contributed by atoms with Crippen LogP contribution in [0.25, 0.3) is 10.9 Å². The van der Waals surface area contributed by atoms with E-state index in [0.717, 1.165) is 5.56 Å². The van der Waals surface area contributed by atoms with E-state index in [2.05, 4.69) is 20.9 Å². The molecule has 1 aromatic heterocycles. The molecule has 0 atom stereocenters. The average molecular weight is 467 g/mol. The van der Waals surface area contributed by atoms with E-state index in [-0.39, 0.29) is 11.9 Å². The normalized spacial score (nSPS) is 10.6. The van der Waals surface area contributed by atoms with Gasteiger partial charge in [-0.3, -0.25) is 9.78 Å². The van der Waals surface area contributed by atoms with Crippen LogP contribution in [0, 0.1) is 6.92 Å². The second-order valence-electron chi connectivity index (χ2n) is 7.39. The summed E-state index contributed by atoms with van der Waals surface area (Å²) in [6, 6.07) is 10.3. The third-order valence-corrected chi connectivity index (χ3v) is 5.01. The van der Waals surface area contributed by atoms with Crippen molar-refractivity contribution >= 4 is 28.5 Å². The lowest BCUT2D eigenvalue weighted by Crippen LogP contribution is -2.28. The number of benzene rings is 2. The minimum Gasteiger partial charge on any atom is -0.496 e. The summed E-state index contributed by atoms with van der Waals surface area (Å²) in [4.78, 5) is 29.0. The first-order valence-electron chi connectivity index (χ1n) is 11.1. The van der Waals surface area contributed by atoms with E-state index in [4.69, 9.17) is 14.2 Å². The summed E-state index contributed by atoms with van der Waals surface area (Å²) in [5.74, 6) is 1.28. The molecule has 9 nitrogen and oxygen atoms in total. The summed E-state index contributed by atoms with van der Waals surface area (Å²) in [5.41, 5.74) is 2.54. The van der Waals surface area contributed by atoms with E-state index in [1.54, 1.807) is 36.5 Å². The molecule has 3 rings (SSSR count). The molecule has 0 saturated carbocycles. The van der Waals surface area contributed by atoms with Crippen molar-refractivity contribution in [2.45, 2.75) is 20.8 Å². The number of fused-ring (bicyclic) bond motifs is 1. The molecule has 0 unspecified atom stereocenters. The zero-order valence-electron chi connectivity index (χ0n) is 19.9. The monoisotopic (exact) mass is 466 g/mol. The topological polar surface area (TPSA) is 111 Å². The second kappa shape index (κ2) is 11.9. The van der Waals surface area contributed by atoms with Crippen LogP contribution in [-0.4, -0.2) is 50.3 Å². The Balaban J connectivity index is 1.87. The predicted molar refractivity (Wildman–Crippen MR) is 131 cm³/mol. The molecule has 3 amide bonds. The maximum Gasteiger partial charge on any atom is 0.319 e. The van der Waals surface area contributed by atoms with Gasteiger partial charge in [0.05, 0.1) is 24.8 Å². The van der Waals surface area contributed by atoms with Gasteiger partial charge in [-0.15, -0.1) is 0 Å². The highest BCUT2D eigenvalue weighted by Crippen LogP contribution is 2.34. The van der Waals surface area contributed by atoms with Gasteiger partial charge in [-0.05, 0) is 56.7 Å². The molecule has 3 N–H and O–H groups in total. The lowest BCUT2D eigenvalue weighted by Gasteiger charge is -2.14. The Hall–Kier alpha value is -3.85. The summed E-state index contributed by atoms with van der Waals surface area (Å²) in [6.07, 6.45) is 1.64. The molecule has 0 spiro atoms. The molecule has 0 aliphatic rings. The number of nitrogens with zero attached hydrogens (tertiary/aromatic N) is 1. The number of urea groups is 1. The van der Waals surface area contributed by atoms with E-state index in [1.165, 1.54) is 7.11 Å². The molecule has 180 valence electrons. The second-order valence-corrected chi connectivity index (χ2v) is 7.39. The smallest absolute Gasteiger partial charge is 0.319 e. The fourth-order valence-electron chi connectivity index (χ4n) is 3.35. The van der Waals surface area contributed by atoms with Crippen LogP contribution in [0.2, 0.25) is 0 Å². The van der Waals surface area contributed by atoms with Crippen molar-refractivity contribution in [1.29, 1.82) is 0 Å². The molecule has 2 aromatic carbocycles. The highest BCUT2D eigenvalue weighted by molar-refractivity contribution is 6.02. The first-order chi connectivity index (χ1) is 16.5. The minimum absolute atomic E-state index is 0.264. The van der Waals surface area contributed by atoms with E-state index in [1.807, 2.05) is 26.8 Å². The van der Waals surface area contributed by atoms with E-state index >= 15 is 0 Å². The van der Waals surface area contributed by atoms with E-state index in [9.17, 15) is 9.59 Å². The number of aryl methyl sites for hydroxylation is 1. The van der Waals surface area contributed by atoms with Crippen LogP contribution >= 0.6 is 0 Å². The van der Waals surface area contributed by atoms with Gasteiger partial charge in [-0.2, -0.15) is 0 Å². The number of carbonyl (C=O) groups is 2. The number of aromatic nitrogens is 1. The van der Waals surface area contributed by atoms with Crippen molar-refractivity contribution in [3.05, 3.63) is 53.7 Å². The Bertz CT molecular complexity index is 1170. The molecule has 0 radical (unpaired) electrons. The van der Waals surface area contributed by atoms with Crippen LogP contribution < -0.4 is 25.4 Å². The molecular formula is C25H30N4O5. The average Bonchev–Trinajstić information content (AvgIpc) is 2.83. The molecule has 3 aromatic rings. The fraction of sp³-hybridized carbons (Fsp3) is 0.320. The van der Waals surface area contributed by atoms with Gasteiger partial charge in [-0.25, -0.2) is 4.79 Å². The largest absolute Gasteiger partial charge is 0.496 e. The highest BCUT2D eigenvalue weighted by atomic mass is 16.5. The van der Waals surface area contributed by atoms with Gasteiger partial charge in [0.15, 0.2) is 0 Å². The number of ether oxygens (including phenoxy) is 3. The number of hydrogen-bond acceptors (Lipinski definition) is 6. The molecule has 0 aliphatic heterocycles. The third kappa shape index (κ3) is 6.14. The number of carbonyl (C=O) groups excluding carboxylic acids is 2. The van der Waals surface area contributed by atoms with Gasteiger partial charge in [0.25, 0.3) is 5.91 Å². The Kier molecular flexibility index (Phi) is 8.64. The van der Waals surface area contributed by atoms with Crippen LogP contribution in [0.4, 0.5) is 10.5 Å². The van der Waals surface area contributed by atoms with Gasteiger partial charge < -0.3 is 30.2 Å². The molecule has 0 bridgehead atoms. The number of rotatable bonds is 10. The van der Waals surface area contributed by atoms with Crippen molar-refractivity contribution in [2.75, 3.05) is 38.7 Å². The maximum atomic E-state index is 12.8. The van der Waals surface area contributed by atoms with Crippen molar-refractivity contribution < 1.29 is 23.8 Å². The molecule has 0 saturated heterocycles. The van der Waals surface area contributed by atoms with Crippen molar-refractivity contribution in [3.8, 4) is 17.2 Å². The van der Waals surface area contributed by atoms with E-state index in [0.29, 0.717) is 65.7 Å². The minimum atomic E-state index is -0.273. The molecule has 9 heteroatoms. The SMILES string of the molecule is CCNC(=O)Nc1ccc(Oc2ccnc3cc(OC)c(C(=O)NCCOCC)cc23)cc1C. The summed E-state index contributed by atoms with van der Waals surface area (Å²) in [5, 5.41) is 9.01. The Morgan fingerprint density at radius 1 is 1.03 bits per heavy atom. The molecule has 0 aliphatic carbocycles. The van der Waals surface area contributed by atoms with Gasteiger partial charge in [0, 0.05) is 43.0 Å². The van der Waals surface area contributed by atoms with Crippen molar-refractivity contribution in [1.82, 2.24) is 15.6 Å². The van der Waals surface area contributed by atoms with Crippen molar-refractivity contribution in [3.63, 3.8) is 0 Å². The number of nitrogens with one attached hydrogen (secondary N) is 3. The van der Waals surface area contributed by atoms with E-state index < -0.39 is 0 Å². The molecular weight excluding hydrogens is 436 g/mol. The van der Waals surface area contributed by atoms with Crippen LogP contribution in [-0.2, 0) is 4.74 Å². The first-order valence-corrected chi connectivity index (χ1v) is 11.1. The van der Waals surface area contributed by atoms with Gasteiger partial charge >= 0.3 is 6.03 Å². The molecule has 34 heavy (non-hydrogen) atoms. The summed E-state index contributed by atoms with van der Waals surface area (Å²) >= 11 is 0. The van der Waals surface area contributed by atoms with Crippen molar-refractivity contribution in [2.24, 2.45) is 0 Å². The summed E-state index contributed by atoms with van der Waals surface area (Å²) < 4.78 is 16.8. The number of pyridine rings is 1. The Morgan fingerprint density at radius 2 is 1.85 bits per heavy atom. The Morgan fingerprint density at radius 3 is 2.56 bits per heavy atom. The molecule has 1 heterocycles. The summed E-state index contributed by atoms with van der Waals surface area (Å²) in [6.45, 7) is 7.58. The number of methoxy groups -OCH3 is 1. The zero-order valence-corrected chi connectivity index (χ0v) is 19.9. The highest BCUT2D eigenvalue weighted by Gasteiger charge is 2.16. The maximum absolute atomic E-state index is 12.8. The van der Waals surface area contributed by atoms with Crippen LogP contribution in [0.3, 0.4) is 0 Å².